The first-order valence-electron chi connectivity index (χ1n) is 4.54. The molecule has 15 heavy (non-hydrogen) atoms. The summed E-state index contributed by atoms with van der Waals surface area (Å²) in [4.78, 5) is 27.4. The lowest BCUT2D eigenvalue weighted by atomic mass is 10.2. The monoisotopic (exact) mass is 205 g/mol. The zero-order chi connectivity index (χ0) is 11.2. The van der Waals surface area contributed by atoms with E-state index in [2.05, 4.69) is 4.98 Å². The molecule has 0 amide bonds. The van der Waals surface area contributed by atoms with Crippen LogP contribution in [-0.2, 0) is 14.1 Å². The predicted octanol–water partition coefficient (Wildman–Crippen LogP) is -0.0594. The average molecular weight is 205 g/mol. The molecule has 78 valence electrons. The second-order valence-electron chi connectivity index (χ2n) is 3.55. The van der Waals surface area contributed by atoms with Gasteiger partial charge in [0.25, 0.3) is 5.56 Å². The van der Waals surface area contributed by atoms with Crippen molar-refractivity contribution in [2.75, 3.05) is 0 Å². The van der Waals surface area contributed by atoms with Crippen LogP contribution in [0.15, 0.2) is 21.9 Å². The van der Waals surface area contributed by atoms with Crippen molar-refractivity contribution in [3.63, 3.8) is 0 Å². The van der Waals surface area contributed by atoms with Crippen molar-refractivity contribution >= 4 is 10.9 Å². The number of aromatic nitrogens is 3. The predicted molar refractivity (Wildman–Crippen MR) is 57.0 cm³/mol. The van der Waals surface area contributed by atoms with Crippen LogP contribution >= 0.6 is 0 Å². The number of aryl methyl sites for hydroxylation is 2. The van der Waals surface area contributed by atoms with Crippen LogP contribution in [0.2, 0.25) is 0 Å². The summed E-state index contributed by atoms with van der Waals surface area (Å²) in [6, 6.07) is 1.73. The topological polar surface area (TPSA) is 56.9 Å². The Hall–Kier alpha value is -1.91. The van der Waals surface area contributed by atoms with E-state index in [-0.39, 0.29) is 11.2 Å². The van der Waals surface area contributed by atoms with Gasteiger partial charge in [-0.25, -0.2) is 4.79 Å². The first kappa shape index (κ1) is 9.64. The lowest BCUT2D eigenvalue weighted by Gasteiger charge is -2.06. The molecule has 0 aliphatic carbocycles. The van der Waals surface area contributed by atoms with Crippen LogP contribution in [0.1, 0.15) is 5.69 Å². The highest BCUT2D eigenvalue weighted by molar-refractivity contribution is 5.77. The van der Waals surface area contributed by atoms with Crippen LogP contribution in [0.3, 0.4) is 0 Å². The minimum absolute atomic E-state index is 0.305. The molecule has 0 aromatic carbocycles. The van der Waals surface area contributed by atoms with Gasteiger partial charge in [-0.05, 0) is 13.0 Å². The normalized spacial score (nSPS) is 10.9. The first-order chi connectivity index (χ1) is 7.02. The maximum absolute atomic E-state index is 11.7. The van der Waals surface area contributed by atoms with Gasteiger partial charge < -0.3 is 0 Å². The third-order valence-corrected chi connectivity index (χ3v) is 2.49. The molecule has 2 aromatic rings. The lowest BCUT2D eigenvalue weighted by Crippen LogP contribution is -2.37. The Labute approximate surface area is 85.6 Å². The van der Waals surface area contributed by atoms with Crippen molar-refractivity contribution in [1.29, 1.82) is 0 Å². The molecule has 2 heterocycles. The third kappa shape index (κ3) is 1.27. The zero-order valence-electron chi connectivity index (χ0n) is 8.81. The van der Waals surface area contributed by atoms with Gasteiger partial charge in [-0.1, -0.05) is 0 Å². The fourth-order valence-electron chi connectivity index (χ4n) is 1.58. The highest BCUT2D eigenvalue weighted by atomic mass is 16.2. The summed E-state index contributed by atoms with van der Waals surface area (Å²) in [6.07, 6.45) is 1.51. The minimum atomic E-state index is -0.321. The van der Waals surface area contributed by atoms with Gasteiger partial charge in [0.05, 0.1) is 10.9 Å². The van der Waals surface area contributed by atoms with Gasteiger partial charge in [-0.3, -0.25) is 18.9 Å². The van der Waals surface area contributed by atoms with Crippen molar-refractivity contribution in [1.82, 2.24) is 14.1 Å². The Morgan fingerprint density at radius 3 is 2.53 bits per heavy atom. The molecule has 0 atom stereocenters. The summed E-state index contributed by atoms with van der Waals surface area (Å²) in [5.74, 6) is 0. The highest BCUT2D eigenvalue weighted by Crippen LogP contribution is 2.06. The van der Waals surface area contributed by atoms with E-state index in [9.17, 15) is 9.59 Å². The minimum Gasteiger partial charge on any atom is -0.296 e. The molecule has 2 rings (SSSR count). The van der Waals surface area contributed by atoms with E-state index >= 15 is 0 Å². The molecule has 0 unspecified atom stereocenters. The molecule has 0 saturated heterocycles. The first-order valence-corrected chi connectivity index (χ1v) is 4.54. The molecule has 0 N–H and O–H groups in total. The maximum Gasteiger partial charge on any atom is 0.330 e. The molecular formula is C10H11N3O2. The quantitative estimate of drug-likeness (QED) is 0.605. The largest absolute Gasteiger partial charge is 0.330 e. The summed E-state index contributed by atoms with van der Waals surface area (Å²) >= 11 is 0. The third-order valence-electron chi connectivity index (χ3n) is 2.49. The van der Waals surface area contributed by atoms with Crippen LogP contribution in [-0.4, -0.2) is 14.1 Å². The lowest BCUT2D eigenvalue weighted by molar-refractivity contribution is 0.712. The Kier molecular flexibility index (Phi) is 1.96. The van der Waals surface area contributed by atoms with Gasteiger partial charge in [-0.15, -0.1) is 0 Å². The number of rotatable bonds is 0. The number of pyridine rings is 1. The van der Waals surface area contributed by atoms with E-state index in [0.717, 1.165) is 10.3 Å². The Bertz CT molecular complexity index is 652. The average Bonchev–Trinajstić information content (AvgIpc) is 2.23. The fourth-order valence-corrected chi connectivity index (χ4v) is 1.58. The van der Waals surface area contributed by atoms with Crippen molar-refractivity contribution in [3.8, 4) is 0 Å². The van der Waals surface area contributed by atoms with E-state index in [1.54, 1.807) is 13.1 Å². The number of hydrogen-bond donors (Lipinski definition) is 0. The van der Waals surface area contributed by atoms with Gasteiger partial charge in [0, 0.05) is 26.0 Å². The Morgan fingerprint density at radius 2 is 1.87 bits per heavy atom. The smallest absolute Gasteiger partial charge is 0.296 e. The standard InChI is InChI=1S/C10H11N3O2/c1-6-4-8-7(5-11-6)9(14)13(3)10(15)12(8)2/h4-5H,1-3H3. The molecule has 0 fully saturated rings. The number of nitrogens with zero attached hydrogens (tertiary/aromatic N) is 3. The second kappa shape index (κ2) is 3.05. The zero-order valence-corrected chi connectivity index (χ0v) is 8.81. The molecule has 5 heteroatoms. The molecule has 2 aromatic heterocycles. The van der Waals surface area contributed by atoms with E-state index in [4.69, 9.17) is 0 Å². The van der Waals surface area contributed by atoms with Crippen molar-refractivity contribution in [2.24, 2.45) is 14.1 Å². The second-order valence-corrected chi connectivity index (χ2v) is 3.55. The summed E-state index contributed by atoms with van der Waals surface area (Å²) in [5, 5.41) is 0.463. The molecule has 0 aliphatic rings. The summed E-state index contributed by atoms with van der Waals surface area (Å²) in [6.45, 7) is 1.82. The van der Waals surface area contributed by atoms with Gasteiger partial charge in [-0.2, -0.15) is 0 Å². The van der Waals surface area contributed by atoms with Crippen LogP contribution < -0.4 is 11.2 Å². The van der Waals surface area contributed by atoms with Crippen molar-refractivity contribution < 1.29 is 0 Å². The number of fused-ring (bicyclic) bond motifs is 1. The van der Waals surface area contributed by atoms with Gasteiger partial charge in [0.1, 0.15) is 0 Å². The summed E-state index contributed by atoms with van der Waals surface area (Å²) < 4.78 is 2.53. The van der Waals surface area contributed by atoms with Crippen LogP contribution in [0.4, 0.5) is 0 Å². The van der Waals surface area contributed by atoms with E-state index in [1.807, 2.05) is 6.92 Å². The molecule has 5 nitrogen and oxygen atoms in total. The van der Waals surface area contributed by atoms with Gasteiger partial charge in [0.2, 0.25) is 0 Å². The fraction of sp³-hybridized carbons (Fsp3) is 0.300. The molecule has 0 spiro atoms. The van der Waals surface area contributed by atoms with Crippen molar-refractivity contribution in [2.45, 2.75) is 6.92 Å². The summed E-state index contributed by atoms with van der Waals surface area (Å²) in [5.41, 5.74) is 0.778. The molecule has 0 aliphatic heterocycles. The maximum atomic E-state index is 11.7. The van der Waals surface area contributed by atoms with Crippen molar-refractivity contribution in [3.05, 3.63) is 38.8 Å². The van der Waals surface area contributed by atoms with E-state index < -0.39 is 0 Å². The van der Waals surface area contributed by atoms with Crippen LogP contribution in [0, 0.1) is 6.92 Å². The Morgan fingerprint density at radius 1 is 1.20 bits per heavy atom. The molecule has 0 saturated carbocycles. The van der Waals surface area contributed by atoms with Crippen LogP contribution in [0.5, 0.6) is 0 Å². The molecule has 0 bridgehead atoms. The van der Waals surface area contributed by atoms with Crippen LogP contribution in [0.25, 0.3) is 10.9 Å². The van der Waals surface area contributed by atoms with E-state index in [0.29, 0.717) is 10.9 Å². The van der Waals surface area contributed by atoms with Gasteiger partial charge >= 0.3 is 5.69 Å². The molecule has 0 radical (unpaired) electrons. The molecular weight excluding hydrogens is 194 g/mol. The Balaban J connectivity index is 3.15. The highest BCUT2D eigenvalue weighted by Gasteiger charge is 2.07. The van der Waals surface area contributed by atoms with E-state index in [1.165, 1.54) is 17.8 Å². The van der Waals surface area contributed by atoms with Gasteiger partial charge in [0.15, 0.2) is 0 Å². The number of hydrogen-bond acceptors (Lipinski definition) is 3. The summed E-state index contributed by atoms with van der Waals surface area (Å²) in [7, 11) is 3.10. The SMILES string of the molecule is Cc1cc2c(cn1)c(=O)n(C)c(=O)n2C.